The number of carbonyl (C=O) groups is 3. The molecule has 6 nitrogen and oxygen atoms in total. The van der Waals surface area contributed by atoms with Gasteiger partial charge >= 0.3 is 17.9 Å². The van der Waals surface area contributed by atoms with Gasteiger partial charge in [-0.1, -0.05) is 243 Å². The third-order valence-electron chi connectivity index (χ3n) is 13.0. The number of rotatable bonds is 54. The minimum atomic E-state index is -0.782. The maximum absolute atomic E-state index is 12.8. The van der Waals surface area contributed by atoms with Crippen molar-refractivity contribution in [1.82, 2.24) is 0 Å². The van der Waals surface area contributed by atoms with Gasteiger partial charge in [0.15, 0.2) is 6.10 Å². The molecule has 0 saturated heterocycles. The summed E-state index contributed by atoms with van der Waals surface area (Å²) in [6.45, 7) is 6.56. The average molecular weight is 954 g/mol. The number of ether oxygens (including phenoxy) is 3. The molecule has 0 aromatic heterocycles. The Labute approximate surface area is 422 Å². The number of carbonyl (C=O) groups excluding carboxylic acids is 3. The molecule has 0 spiro atoms. The highest BCUT2D eigenvalue weighted by Gasteiger charge is 2.19. The Morgan fingerprint density at radius 3 is 0.912 bits per heavy atom. The number of hydrogen-bond acceptors (Lipinski definition) is 6. The molecular weight excluding hydrogens is 841 g/mol. The second kappa shape index (κ2) is 57.0. The fourth-order valence-electron chi connectivity index (χ4n) is 8.53. The molecule has 0 aliphatic carbocycles. The molecule has 68 heavy (non-hydrogen) atoms. The van der Waals surface area contributed by atoms with Crippen LogP contribution in [0.1, 0.15) is 310 Å². The van der Waals surface area contributed by atoms with Gasteiger partial charge in [-0.15, -0.1) is 0 Å². The summed E-state index contributed by atoms with van der Waals surface area (Å²) < 4.78 is 16.8. The Bertz CT molecular complexity index is 1190. The largest absolute Gasteiger partial charge is 0.462 e. The first-order valence-electron chi connectivity index (χ1n) is 29.6. The number of hydrogen-bond donors (Lipinski definition) is 0. The van der Waals surface area contributed by atoms with E-state index >= 15 is 0 Å². The number of unbranched alkanes of at least 4 members (excludes halogenated alkanes) is 35. The van der Waals surface area contributed by atoms with Crippen LogP contribution in [0.2, 0.25) is 0 Å². The Balaban J connectivity index is 4.20. The Kier molecular flexibility index (Phi) is 54.8. The summed E-state index contributed by atoms with van der Waals surface area (Å²) in [6, 6.07) is 0. The third kappa shape index (κ3) is 54.3. The molecular formula is C62H112O6. The van der Waals surface area contributed by atoms with Crippen LogP contribution in [0.25, 0.3) is 0 Å². The fraction of sp³-hybridized carbons (Fsp3) is 0.823. The minimum absolute atomic E-state index is 0.0799. The van der Waals surface area contributed by atoms with Gasteiger partial charge in [0.25, 0.3) is 0 Å². The van der Waals surface area contributed by atoms with Gasteiger partial charge in [0.1, 0.15) is 13.2 Å². The molecule has 0 heterocycles. The summed E-state index contributed by atoms with van der Waals surface area (Å²) in [7, 11) is 0. The third-order valence-corrected chi connectivity index (χ3v) is 13.0. The molecule has 396 valence electrons. The number of allylic oxidation sites excluding steroid dienone is 8. The SMILES string of the molecule is CCC/C=C\CCCCCCCC(=O)OCC(COC(=O)CCCCCCCCCCCCCCC/C=C\CCCCCCCCCC)OC(=O)CCCCCCC/C=C\C/C=C\CCCCC. The fourth-order valence-corrected chi connectivity index (χ4v) is 8.53. The molecule has 0 aromatic rings. The second-order valence-electron chi connectivity index (χ2n) is 19.9. The molecule has 0 radical (unpaired) electrons. The van der Waals surface area contributed by atoms with Crippen molar-refractivity contribution in [1.29, 1.82) is 0 Å². The lowest BCUT2D eigenvalue weighted by Gasteiger charge is -2.18. The Morgan fingerprint density at radius 1 is 0.294 bits per heavy atom. The highest BCUT2D eigenvalue weighted by Crippen LogP contribution is 2.16. The maximum atomic E-state index is 12.8. The zero-order chi connectivity index (χ0) is 49.3. The molecule has 0 amide bonds. The van der Waals surface area contributed by atoms with Crippen molar-refractivity contribution in [3.63, 3.8) is 0 Å². The van der Waals surface area contributed by atoms with Crippen LogP contribution >= 0.6 is 0 Å². The van der Waals surface area contributed by atoms with Gasteiger partial charge in [-0.2, -0.15) is 0 Å². The molecule has 1 unspecified atom stereocenters. The standard InChI is InChI=1S/C62H112O6/c1-4-7-10-13-16-19-22-24-26-27-28-29-30-31-32-33-34-35-37-38-40-43-46-49-52-55-61(64)67-58-59(57-66-60(63)54-51-48-45-42-21-18-15-12-9-6-3)68-62(65)56-53-50-47-44-41-39-36-25-23-20-17-14-11-8-5-2/h12,15,17,20,25,27-28,36,59H,4-11,13-14,16,18-19,21-24,26,29-35,37-58H2,1-3H3/b15-12-,20-17-,28-27-,36-25-. The monoisotopic (exact) mass is 953 g/mol. The molecule has 0 aliphatic rings. The molecule has 0 saturated carbocycles. The summed E-state index contributed by atoms with van der Waals surface area (Å²) >= 11 is 0. The Morgan fingerprint density at radius 2 is 0.559 bits per heavy atom. The van der Waals surface area contributed by atoms with E-state index in [-0.39, 0.29) is 31.1 Å². The summed E-state index contributed by atoms with van der Waals surface area (Å²) in [6.07, 6.45) is 69.8. The van der Waals surface area contributed by atoms with Gasteiger partial charge in [-0.25, -0.2) is 0 Å². The van der Waals surface area contributed by atoms with Crippen LogP contribution in [-0.2, 0) is 28.6 Å². The van der Waals surface area contributed by atoms with E-state index in [1.54, 1.807) is 0 Å². The zero-order valence-corrected chi connectivity index (χ0v) is 45.4. The van der Waals surface area contributed by atoms with Crippen molar-refractivity contribution in [3.05, 3.63) is 48.6 Å². The van der Waals surface area contributed by atoms with Crippen molar-refractivity contribution < 1.29 is 28.6 Å². The van der Waals surface area contributed by atoms with E-state index in [9.17, 15) is 14.4 Å². The molecule has 1 atom stereocenters. The van der Waals surface area contributed by atoms with E-state index in [1.165, 1.54) is 173 Å². The quantitative estimate of drug-likeness (QED) is 0.0262. The molecule has 0 aromatic carbocycles. The van der Waals surface area contributed by atoms with Gasteiger partial charge in [0, 0.05) is 19.3 Å². The highest BCUT2D eigenvalue weighted by atomic mass is 16.6. The molecule has 0 bridgehead atoms. The normalized spacial score (nSPS) is 12.3. The van der Waals surface area contributed by atoms with Crippen LogP contribution in [0.3, 0.4) is 0 Å². The lowest BCUT2D eigenvalue weighted by molar-refractivity contribution is -0.167. The lowest BCUT2D eigenvalue weighted by Crippen LogP contribution is -2.30. The van der Waals surface area contributed by atoms with E-state index in [1.807, 2.05) is 0 Å². The maximum Gasteiger partial charge on any atom is 0.306 e. The predicted octanol–water partition coefficient (Wildman–Crippen LogP) is 19.8. The summed E-state index contributed by atoms with van der Waals surface area (Å²) in [5.74, 6) is -0.894. The van der Waals surface area contributed by atoms with Crippen molar-refractivity contribution >= 4 is 17.9 Å². The number of esters is 3. The average Bonchev–Trinajstić information content (AvgIpc) is 3.34. The smallest absolute Gasteiger partial charge is 0.306 e. The van der Waals surface area contributed by atoms with Crippen LogP contribution in [0, 0.1) is 0 Å². The van der Waals surface area contributed by atoms with E-state index < -0.39 is 6.10 Å². The van der Waals surface area contributed by atoms with E-state index in [2.05, 4.69) is 69.4 Å². The van der Waals surface area contributed by atoms with Crippen molar-refractivity contribution in [2.45, 2.75) is 316 Å². The van der Waals surface area contributed by atoms with Gasteiger partial charge in [0.2, 0.25) is 0 Å². The van der Waals surface area contributed by atoms with Gasteiger partial charge < -0.3 is 14.2 Å². The second-order valence-corrected chi connectivity index (χ2v) is 19.9. The van der Waals surface area contributed by atoms with Crippen molar-refractivity contribution in [3.8, 4) is 0 Å². The van der Waals surface area contributed by atoms with Crippen molar-refractivity contribution in [2.75, 3.05) is 13.2 Å². The lowest BCUT2D eigenvalue weighted by atomic mass is 10.0. The first kappa shape index (κ1) is 65.4. The summed E-state index contributed by atoms with van der Waals surface area (Å²) in [5, 5.41) is 0. The molecule has 0 N–H and O–H groups in total. The van der Waals surface area contributed by atoms with Gasteiger partial charge in [-0.05, 0) is 96.3 Å². The summed E-state index contributed by atoms with van der Waals surface area (Å²) in [4.78, 5) is 38.1. The van der Waals surface area contributed by atoms with Crippen molar-refractivity contribution in [2.24, 2.45) is 0 Å². The van der Waals surface area contributed by atoms with E-state index in [4.69, 9.17) is 14.2 Å². The Hall–Kier alpha value is -2.63. The van der Waals surface area contributed by atoms with Gasteiger partial charge in [0.05, 0.1) is 0 Å². The van der Waals surface area contributed by atoms with Crippen LogP contribution in [0.5, 0.6) is 0 Å². The highest BCUT2D eigenvalue weighted by molar-refractivity contribution is 5.71. The van der Waals surface area contributed by atoms with E-state index in [0.717, 1.165) is 96.3 Å². The molecule has 0 aliphatic heterocycles. The summed E-state index contributed by atoms with van der Waals surface area (Å²) in [5.41, 5.74) is 0. The molecule has 0 fully saturated rings. The van der Waals surface area contributed by atoms with Gasteiger partial charge in [-0.3, -0.25) is 14.4 Å². The first-order valence-corrected chi connectivity index (χ1v) is 29.6. The van der Waals surface area contributed by atoms with Crippen LogP contribution in [0.15, 0.2) is 48.6 Å². The minimum Gasteiger partial charge on any atom is -0.462 e. The molecule has 0 rings (SSSR count). The molecule has 6 heteroatoms. The zero-order valence-electron chi connectivity index (χ0n) is 45.4. The van der Waals surface area contributed by atoms with Crippen LogP contribution in [-0.4, -0.2) is 37.2 Å². The first-order chi connectivity index (χ1) is 33.5. The van der Waals surface area contributed by atoms with Crippen LogP contribution < -0.4 is 0 Å². The van der Waals surface area contributed by atoms with Crippen LogP contribution in [0.4, 0.5) is 0 Å². The topological polar surface area (TPSA) is 78.9 Å². The van der Waals surface area contributed by atoms with E-state index in [0.29, 0.717) is 19.3 Å². The predicted molar refractivity (Wildman–Crippen MR) is 293 cm³/mol.